The lowest BCUT2D eigenvalue weighted by atomic mass is 10.1. The third-order valence-corrected chi connectivity index (χ3v) is 2.95. The summed E-state index contributed by atoms with van der Waals surface area (Å²) in [5, 5.41) is 19.1. The molecule has 8 heteroatoms. The van der Waals surface area contributed by atoms with Crippen LogP contribution in [0.2, 0.25) is 0 Å². The summed E-state index contributed by atoms with van der Waals surface area (Å²) in [7, 11) is 0. The number of ether oxygens (including phenoxy) is 1. The fraction of sp³-hybridized carbons (Fsp3) is 0.600. The fourth-order valence-corrected chi connectivity index (χ4v) is 1.90. The van der Waals surface area contributed by atoms with E-state index in [1.165, 1.54) is 0 Å². The van der Waals surface area contributed by atoms with Gasteiger partial charge in [-0.3, -0.25) is 14.3 Å². The molecule has 1 aliphatic heterocycles. The number of nitrogens with zero attached hydrogens (tertiary/aromatic N) is 1. The van der Waals surface area contributed by atoms with Crippen LogP contribution in [0.5, 0.6) is 0 Å². The molecule has 1 aromatic heterocycles. The summed E-state index contributed by atoms with van der Waals surface area (Å²) in [5.41, 5.74) is -1.90. The van der Waals surface area contributed by atoms with Gasteiger partial charge in [0.2, 0.25) is 5.82 Å². The average Bonchev–Trinajstić information content (AvgIpc) is 2.54. The summed E-state index contributed by atoms with van der Waals surface area (Å²) < 4.78 is 19.2. The Hall–Kier alpha value is -1.51. The molecule has 1 fully saturated rings. The first-order valence-corrected chi connectivity index (χ1v) is 5.41. The molecule has 2 rings (SSSR count). The van der Waals surface area contributed by atoms with E-state index in [1.807, 2.05) is 0 Å². The van der Waals surface area contributed by atoms with Gasteiger partial charge in [-0.15, -0.1) is 0 Å². The lowest BCUT2D eigenvalue weighted by molar-refractivity contribution is 0.00516. The van der Waals surface area contributed by atoms with Gasteiger partial charge in [-0.1, -0.05) is 0 Å². The Morgan fingerprint density at radius 2 is 2.11 bits per heavy atom. The van der Waals surface area contributed by atoms with E-state index in [9.17, 15) is 24.2 Å². The van der Waals surface area contributed by atoms with Gasteiger partial charge in [0.15, 0.2) is 0 Å². The number of nitrogens with one attached hydrogen (secondary N) is 1. The normalized spacial score (nSPS) is 31.8. The molecule has 0 saturated carbocycles. The predicted octanol–water partition coefficient (Wildman–Crippen LogP) is -1.82. The summed E-state index contributed by atoms with van der Waals surface area (Å²) in [6.07, 6.45) is -2.89. The minimum Gasteiger partial charge on any atom is -0.388 e. The average molecular weight is 260 g/mol. The molecular weight excluding hydrogens is 247 g/mol. The van der Waals surface area contributed by atoms with Gasteiger partial charge >= 0.3 is 5.69 Å². The first kappa shape index (κ1) is 12.9. The van der Waals surface area contributed by atoms with Crippen LogP contribution in [-0.2, 0) is 11.3 Å². The third-order valence-electron chi connectivity index (χ3n) is 2.95. The maximum absolute atomic E-state index is 13.0. The molecule has 0 bridgehead atoms. The summed E-state index contributed by atoms with van der Waals surface area (Å²) in [6, 6.07) is 0. The molecule has 0 aromatic carbocycles. The number of aromatic nitrogens is 2. The molecule has 1 aliphatic rings. The van der Waals surface area contributed by atoms with E-state index >= 15 is 0 Å². The zero-order valence-electron chi connectivity index (χ0n) is 9.54. The number of aromatic amines is 1. The number of hydrogen-bond acceptors (Lipinski definition) is 5. The van der Waals surface area contributed by atoms with Crippen molar-refractivity contribution in [3.05, 3.63) is 32.9 Å². The number of halogens is 1. The van der Waals surface area contributed by atoms with Gasteiger partial charge in [0.1, 0.15) is 18.3 Å². The van der Waals surface area contributed by atoms with Gasteiger partial charge in [-0.25, -0.2) is 4.79 Å². The van der Waals surface area contributed by atoms with E-state index < -0.39 is 41.5 Å². The maximum Gasteiger partial charge on any atom is 0.328 e. The standard InChI is InChI=1S/C10H13FN2O5/c1-4-7(14)8(15)6(18-4)3-13-2-5(11)9(16)12-10(13)17/h2,4,6-8,14-15H,3H2,1H3,(H,12,16,17). The molecule has 3 N–H and O–H groups in total. The molecule has 2 heterocycles. The van der Waals surface area contributed by atoms with Crippen molar-refractivity contribution in [2.75, 3.05) is 0 Å². The summed E-state index contributed by atoms with van der Waals surface area (Å²) in [5.74, 6) is -1.10. The van der Waals surface area contributed by atoms with Crippen LogP contribution in [0.25, 0.3) is 0 Å². The molecule has 100 valence electrons. The number of aliphatic hydroxyl groups is 2. The Morgan fingerprint density at radius 1 is 1.44 bits per heavy atom. The van der Waals surface area contributed by atoms with E-state index in [1.54, 1.807) is 11.9 Å². The predicted molar refractivity (Wildman–Crippen MR) is 57.6 cm³/mol. The first-order valence-electron chi connectivity index (χ1n) is 5.41. The monoisotopic (exact) mass is 260 g/mol. The molecule has 1 saturated heterocycles. The van der Waals surface area contributed by atoms with Crippen molar-refractivity contribution in [1.29, 1.82) is 0 Å². The van der Waals surface area contributed by atoms with Gasteiger partial charge in [-0.2, -0.15) is 4.39 Å². The topological polar surface area (TPSA) is 105 Å². The Kier molecular flexibility index (Phi) is 3.33. The molecule has 0 aliphatic carbocycles. The fourth-order valence-electron chi connectivity index (χ4n) is 1.90. The van der Waals surface area contributed by atoms with Gasteiger partial charge in [0, 0.05) is 0 Å². The van der Waals surface area contributed by atoms with Crippen LogP contribution in [0, 0.1) is 5.82 Å². The lowest BCUT2D eigenvalue weighted by Gasteiger charge is -2.15. The second-order valence-electron chi connectivity index (χ2n) is 4.25. The van der Waals surface area contributed by atoms with Crippen LogP contribution >= 0.6 is 0 Å². The van der Waals surface area contributed by atoms with Gasteiger partial charge in [0.05, 0.1) is 18.8 Å². The molecule has 0 radical (unpaired) electrons. The number of aliphatic hydroxyl groups excluding tert-OH is 2. The number of rotatable bonds is 2. The molecule has 4 atom stereocenters. The van der Waals surface area contributed by atoms with E-state index in [4.69, 9.17) is 4.74 Å². The zero-order chi connectivity index (χ0) is 13.4. The molecule has 18 heavy (non-hydrogen) atoms. The first-order chi connectivity index (χ1) is 8.40. The largest absolute Gasteiger partial charge is 0.388 e. The van der Waals surface area contributed by atoms with Crippen molar-refractivity contribution in [3.63, 3.8) is 0 Å². The van der Waals surface area contributed by atoms with Crippen LogP contribution in [0.3, 0.4) is 0 Å². The van der Waals surface area contributed by atoms with Gasteiger partial charge in [0.25, 0.3) is 5.56 Å². The van der Waals surface area contributed by atoms with E-state index in [0.29, 0.717) is 0 Å². The molecule has 0 spiro atoms. The maximum atomic E-state index is 13.0. The van der Waals surface area contributed by atoms with Crippen LogP contribution in [0.15, 0.2) is 15.8 Å². The van der Waals surface area contributed by atoms with Crippen LogP contribution in [-0.4, -0.2) is 44.2 Å². The minimum absolute atomic E-state index is 0.158. The highest BCUT2D eigenvalue weighted by atomic mass is 19.1. The number of H-pyrrole nitrogens is 1. The van der Waals surface area contributed by atoms with Crippen molar-refractivity contribution in [1.82, 2.24) is 9.55 Å². The second kappa shape index (κ2) is 4.63. The van der Waals surface area contributed by atoms with E-state index in [2.05, 4.69) is 0 Å². The van der Waals surface area contributed by atoms with Crippen LogP contribution < -0.4 is 11.2 Å². The van der Waals surface area contributed by atoms with E-state index in [0.717, 1.165) is 10.8 Å². The Morgan fingerprint density at radius 3 is 2.67 bits per heavy atom. The highest BCUT2D eigenvalue weighted by molar-refractivity contribution is 4.92. The van der Waals surface area contributed by atoms with Crippen molar-refractivity contribution >= 4 is 0 Å². The minimum atomic E-state index is -1.16. The zero-order valence-corrected chi connectivity index (χ0v) is 9.54. The quantitative estimate of drug-likeness (QED) is 0.581. The lowest BCUT2D eigenvalue weighted by Crippen LogP contribution is -2.38. The third kappa shape index (κ3) is 2.22. The molecular formula is C10H13FN2O5. The van der Waals surface area contributed by atoms with Crippen LogP contribution in [0.1, 0.15) is 6.92 Å². The molecule has 7 nitrogen and oxygen atoms in total. The van der Waals surface area contributed by atoms with Crippen LogP contribution in [0.4, 0.5) is 4.39 Å². The Balaban J connectivity index is 2.23. The second-order valence-corrected chi connectivity index (χ2v) is 4.25. The van der Waals surface area contributed by atoms with Crippen molar-refractivity contribution in [2.45, 2.75) is 37.9 Å². The SMILES string of the molecule is CC1OC(Cn2cc(F)c(=O)[nH]c2=O)C(O)C1O. The summed E-state index contributed by atoms with van der Waals surface area (Å²) in [6.45, 7) is 1.42. The van der Waals surface area contributed by atoms with Crippen molar-refractivity contribution in [3.8, 4) is 0 Å². The summed E-state index contributed by atoms with van der Waals surface area (Å²) in [4.78, 5) is 24.0. The summed E-state index contributed by atoms with van der Waals surface area (Å²) >= 11 is 0. The Labute approximate surface area is 100 Å². The number of hydrogen-bond donors (Lipinski definition) is 3. The highest BCUT2D eigenvalue weighted by Gasteiger charge is 2.40. The molecule has 0 amide bonds. The van der Waals surface area contributed by atoms with Crippen molar-refractivity contribution < 1.29 is 19.3 Å². The van der Waals surface area contributed by atoms with Crippen molar-refractivity contribution in [2.24, 2.45) is 0 Å². The van der Waals surface area contributed by atoms with Gasteiger partial charge < -0.3 is 14.9 Å². The molecule has 1 aromatic rings. The smallest absolute Gasteiger partial charge is 0.328 e. The van der Waals surface area contributed by atoms with E-state index in [-0.39, 0.29) is 6.54 Å². The Bertz CT molecular complexity index is 554. The molecule has 4 unspecified atom stereocenters. The highest BCUT2D eigenvalue weighted by Crippen LogP contribution is 2.21. The van der Waals surface area contributed by atoms with Gasteiger partial charge in [-0.05, 0) is 6.92 Å².